The van der Waals surface area contributed by atoms with E-state index in [-0.39, 0.29) is 12.6 Å². The molecule has 0 aliphatic carbocycles. The second kappa shape index (κ2) is 7.04. The van der Waals surface area contributed by atoms with Gasteiger partial charge in [0.2, 0.25) is 0 Å². The Kier molecular flexibility index (Phi) is 5.99. The van der Waals surface area contributed by atoms with Crippen molar-refractivity contribution in [2.75, 3.05) is 18.4 Å². The minimum Gasteiger partial charge on any atom is -0.374 e. The van der Waals surface area contributed by atoms with E-state index >= 15 is 0 Å². The standard InChI is InChI=1S/C11H19F3N4S/c1-4-5-15-10-9(16-17-19-10)6-18(8(2)3)7-11(12,13)14/h8,15H,4-7H2,1-3H3. The van der Waals surface area contributed by atoms with Gasteiger partial charge in [0, 0.05) is 30.7 Å². The smallest absolute Gasteiger partial charge is 0.374 e. The quantitative estimate of drug-likeness (QED) is 0.839. The van der Waals surface area contributed by atoms with Crippen molar-refractivity contribution in [1.82, 2.24) is 14.5 Å². The van der Waals surface area contributed by atoms with Crippen LogP contribution in [0.2, 0.25) is 0 Å². The number of nitrogens with zero attached hydrogens (tertiary/aromatic N) is 3. The first-order valence-electron chi connectivity index (χ1n) is 6.19. The largest absolute Gasteiger partial charge is 0.401 e. The number of halogens is 3. The summed E-state index contributed by atoms with van der Waals surface area (Å²) in [5.41, 5.74) is 0.580. The van der Waals surface area contributed by atoms with Gasteiger partial charge in [-0.3, -0.25) is 4.90 Å². The Labute approximate surface area is 115 Å². The third-order valence-electron chi connectivity index (χ3n) is 2.56. The summed E-state index contributed by atoms with van der Waals surface area (Å²) in [5, 5.41) is 7.81. The highest BCUT2D eigenvalue weighted by Gasteiger charge is 2.32. The van der Waals surface area contributed by atoms with E-state index in [2.05, 4.69) is 14.9 Å². The number of anilines is 1. The van der Waals surface area contributed by atoms with Crippen molar-refractivity contribution in [3.05, 3.63) is 5.69 Å². The zero-order chi connectivity index (χ0) is 14.5. The van der Waals surface area contributed by atoms with E-state index in [1.165, 1.54) is 16.4 Å². The molecule has 1 N–H and O–H groups in total. The summed E-state index contributed by atoms with van der Waals surface area (Å²) in [5.74, 6) is 0. The molecule has 1 aromatic heterocycles. The van der Waals surface area contributed by atoms with Crippen LogP contribution in [-0.4, -0.2) is 39.8 Å². The average Bonchev–Trinajstić information content (AvgIpc) is 2.71. The van der Waals surface area contributed by atoms with Crippen LogP contribution in [0.25, 0.3) is 0 Å². The first kappa shape index (κ1) is 16.2. The summed E-state index contributed by atoms with van der Waals surface area (Å²) in [7, 11) is 0. The third-order valence-corrected chi connectivity index (χ3v) is 3.28. The van der Waals surface area contributed by atoms with Crippen LogP contribution in [0.5, 0.6) is 0 Å². The van der Waals surface area contributed by atoms with E-state index in [0.717, 1.165) is 18.0 Å². The molecule has 110 valence electrons. The lowest BCUT2D eigenvalue weighted by Gasteiger charge is -2.26. The molecular formula is C11H19F3N4S. The molecule has 0 atom stereocenters. The fourth-order valence-corrected chi connectivity index (χ4v) is 2.13. The Hall–Kier alpha value is -0.890. The van der Waals surface area contributed by atoms with Crippen LogP contribution in [0.15, 0.2) is 0 Å². The molecule has 0 saturated heterocycles. The van der Waals surface area contributed by atoms with Gasteiger partial charge in [-0.15, -0.1) is 5.10 Å². The van der Waals surface area contributed by atoms with Crippen LogP contribution >= 0.6 is 11.5 Å². The molecule has 8 heteroatoms. The van der Waals surface area contributed by atoms with E-state index in [1.807, 2.05) is 6.92 Å². The van der Waals surface area contributed by atoms with Gasteiger partial charge in [0.15, 0.2) is 0 Å². The third kappa shape index (κ3) is 5.73. The fraction of sp³-hybridized carbons (Fsp3) is 0.818. The Balaban J connectivity index is 2.71. The topological polar surface area (TPSA) is 41.1 Å². The predicted octanol–water partition coefficient (Wildman–Crippen LogP) is 3.13. The van der Waals surface area contributed by atoms with Crippen molar-refractivity contribution in [2.45, 2.75) is 46.0 Å². The van der Waals surface area contributed by atoms with Crippen LogP contribution in [0.4, 0.5) is 18.2 Å². The highest BCUT2D eigenvalue weighted by molar-refractivity contribution is 7.10. The molecular weight excluding hydrogens is 277 g/mol. The SMILES string of the molecule is CCCNc1snnc1CN(CC(F)(F)F)C(C)C. The lowest BCUT2D eigenvalue weighted by molar-refractivity contribution is -0.151. The van der Waals surface area contributed by atoms with Crippen LogP contribution in [-0.2, 0) is 6.54 Å². The van der Waals surface area contributed by atoms with E-state index < -0.39 is 12.7 Å². The van der Waals surface area contributed by atoms with Gasteiger partial charge in [-0.2, -0.15) is 13.2 Å². The zero-order valence-electron chi connectivity index (χ0n) is 11.3. The Morgan fingerprint density at radius 3 is 2.58 bits per heavy atom. The van der Waals surface area contributed by atoms with Gasteiger partial charge < -0.3 is 5.32 Å². The molecule has 1 heterocycles. The maximum atomic E-state index is 12.5. The van der Waals surface area contributed by atoms with Gasteiger partial charge in [-0.1, -0.05) is 11.4 Å². The Bertz CT molecular complexity index is 378. The summed E-state index contributed by atoms with van der Waals surface area (Å²) < 4.78 is 41.3. The lowest BCUT2D eigenvalue weighted by Crippen LogP contribution is -2.38. The minimum absolute atomic E-state index is 0.153. The predicted molar refractivity (Wildman–Crippen MR) is 70.3 cm³/mol. The average molecular weight is 296 g/mol. The van der Waals surface area contributed by atoms with Crippen LogP contribution in [0.1, 0.15) is 32.9 Å². The molecule has 4 nitrogen and oxygen atoms in total. The molecule has 0 spiro atoms. The number of aromatic nitrogens is 2. The first-order valence-corrected chi connectivity index (χ1v) is 6.96. The highest BCUT2D eigenvalue weighted by Crippen LogP contribution is 2.23. The van der Waals surface area contributed by atoms with Gasteiger partial charge >= 0.3 is 6.18 Å². The maximum absolute atomic E-state index is 12.5. The second-order valence-corrected chi connectivity index (χ2v) is 5.34. The Morgan fingerprint density at radius 1 is 1.37 bits per heavy atom. The number of alkyl halides is 3. The van der Waals surface area contributed by atoms with Crippen molar-refractivity contribution >= 4 is 16.5 Å². The van der Waals surface area contributed by atoms with E-state index in [0.29, 0.717) is 5.69 Å². The molecule has 1 aromatic rings. The molecule has 0 saturated carbocycles. The normalized spacial score (nSPS) is 12.4. The number of hydrogen-bond acceptors (Lipinski definition) is 5. The molecule has 19 heavy (non-hydrogen) atoms. The van der Waals surface area contributed by atoms with Crippen molar-refractivity contribution in [1.29, 1.82) is 0 Å². The summed E-state index contributed by atoms with van der Waals surface area (Å²) in [6.45, 7) is 5.48. The number of rotatable bonds is 7. The van der Waals surface area contributed by atoms with Crippen LogP contribution < -0.4 is 5.32 Å². The highest BCUT2D eigenvalue weighted by atomic mass is 32.1. The molecule has 0 unspecified atom stereocenters. The molecule has 0 radical (unpaired) electrons. The van der Waals surface area contributed by atoms with E-state index in [1.54, 1.807) is 13.8 Å². The van der Waals surface area contributed by atoms with Crippen molar-refractivity contribution in [3.63, 3.8) is 0 Å². The summed E-state index contributed by atoms with van der Waals surface area (Å²) >= 11 is 1.18. The summed E-state index contributed by atoms with van der Waals surface area (Å²) in [4.78, 5) is 1.34. The van der Waals surface area contributed by atoms with Crippen molar-refractivity contribution in [2.24, 2.45) is 0 Å². The zero-order valence-corrected chi connectivity index (χ0v) is 12.1. The Morgan fingerprint density at radius 2 is 2.05 bits per heavy atom. The second-order valence-electron chi connectivity index (χ2n) is 4.59. The first-order chi connectivity index (χ1) is 8.83. The van der Waals surface area contributed by atoms with Crippen molar-refractivity contribution < 1.29 is 13.2 Å². The van der Waals surface area contributed by atoms with E-state index in [4.69, 9.17) is 0 Å². The summed E-state index contributed by atoms with van der Waals surface area (Å²) in [6, 6.07) is -0.206. The van der Waals surface area contributed by atoms with Gasteiger partial charge in [0.25, 0.3) is 0 Å². The maximum Gasteiger partial charge on any atom is 0.401 e. The van der Waals surface area contributed by atoms with Gasteiger partial charge in [0.1, 0.15) is 10.7 Å². The van der Waals surface area contributed by atoms with Crippen LogP contribution in [0.3, 0.4) is 0 Å². The van der Waals surface area contributed by atoms with Crippen molar-refractivity contribution in [3.8, 4) is 0 Å². The molecule has 0 amide bonds. The van der Waals surface area contributed by atoms with Crippen LogP contribution in [0, 0.1) is 0 Å². The molecule has 0 aliphatic rings. The van der Waals surface area contributed by atoms with E-state index in [9.17, 15) is 13.2 Å². The van der Waals surface area contributed by atoms with Gasteiger partial charge in [-0.05, 0) is 20.3 Å². The lowest BCUT2D eigenvalue weighted by atomic mass is 10.3. The molecule has 1 rings (SSSR count). The fourth-order valence-electron chi connectivity index (χ4n) is 1.53. The number of nitrogens with one attached hydrogen (secondary N) is 1. The summed E-state index contributed by atoms with van der Waals surface area (Å²) in [6.07, 6.45) is -3.27. The monoisotopic (exact) mass is 296 g/mol. The molecule has 0 aliphatic heterocycles. The molecule has 0 aromatic carbocycles. The molecule has 0 fully saturated rings. The number of hydrogen-bond donors (Lipinski definition) is 1. The molecule has 0 bridgehead atoms. The minimum atomic E-state index is -4.20. The van der Waals surface area contributed by atoms with Gasteiger partial charge in [-0.25, -0.2) is 0 Å². The van der Waals surface area contributed by atoms with Gasteiger partial charge in [0.05, 0.1) is 6.54 Å².